The SMILES string of the molecule is CC(C)(C)OC(=O)N1CCC(N2CCCC(c3ccccc3)C2)CC1(C)C. The van der Waals surface area contributed by atoms with Gasteiger partial charge in [-0.25, -0.2) is 4.79 Å². The van der Waals surface area contributed by atoms with Crippen LogP contribution in [0.15, 0.2) is 30.3 Å². The van der Waals surface area contributed by atoms with E-state index in [1.165, 1.54) is 24.9 Å². The number of rotatable bonds is 2. The average Bonchev–Trinajstić information content (AvgIpc) is 2.60. The van der Waals surface area contributed by atoms with Gasteiger partial charge in [0.2, 0.25) is 0 Å². The van der Waals surface area contributed by atoms with Crippen LogP contribution in [0.4, 0.5) is 4.79 Å². The molecule has 150 valence electrons. The molecule has 1 aromatic carbocycles. The minimum atomic E-state index is -0.445. The van der Waals surface area contributed by atoms with Crippen molar-refractivity contribution in [3.63, 3.8) is 0 Å². The first-order chi connectivity index (χ1) is 12.7. The molecule has 3 rings (SSSR count). The summed E-state index contributed by atoms with van der Waals surface area (Å²) in [6.45, 7) is 13.3. The zero-order chi connectivity index (χ0) is 19.7. The Kier molecular flexibility index (Phi) is 5.85. The predicted octanol–water partition coefficient (Wildman–Crippen LogP) is 5.04. The van der Waals surface area contributed by atoms with Crippen LogP contribution in [-0.4, -0.2) is 52.7 Å². The Morgan fingerprint density at radius 2 is 1.81 bits per heavy atom. The Morgan fingerprint density at radius 1 is 1.11 bits per heavy atom. The highest BCUT2D eigenvalue weighted by Gasteiger charge is 2.42. The van der Waals surface area contributed by atoms with Crippen LogP contribution in [0.1, 0.15) is 71.8 Å². The standard InChI is InChI=1S/C23H36N2O2/c1-22(2,3)27-21(26)25-15-13-20(16-23(25,4)5)24-14-9-12-19(17-24)18-10-7-6-8-11-18/h6-8,10-11,19-20H,9,12-17H2,1-5H3. The van der Waals surface area contributed by atoms with Gasteiger partial charge in [-0.15, -0.1) is 0 Å². The molecule has 2 heterocycles. The number of amides is 1. The van der Waals surface area contributed by atoms with E-state index in [1.807, 2.05) is 25.7 Å². The lowest BCUT2D eigenvalue weighted by atomic mass is 9.83. The second-order valence-corrected chi connectivity index (χ2v) is 9.84. The predicted molar refractivity (Wildman–Crippen MR) is 110 cm³/mol. The highest BCUT2D eigenvalue weighted by atomic mass is 16.6. The molecule has 0 aliphatic carbocycles. The van der Waals surface area contributed by atoms with Gasteiger partial charge in [-0.1, -0.05) is 30.3 Å². The highest BCUT2D eigenvalue weighted by molar-refractivity contribution is 5.69. The Labute approximate surface area is 164 Å². The Morgan fingerprint density at radius 3 is 2.44 bits per heavy atom. The van der Waals surface area contributed by atoms with Crippen molar-refractivity contribution in [1.82, 2.24) is 9.80 Å². The minimum absolute atomic E-state index is 0.174. The number of benzene rings is 1. The lowest BCUT2D eigenvalue weighted by Gasteiger charge is -2.49. The quantitative estimate of drug-likeness (QED) is 0.729. The third kappa shape index (κ3) is 5.04. The zero-order valence-electron chi connectivity index (χ0n) is 17.7. The molecule has 0 saturated carbocycles. The lowest BCUT2D eigenvalue weighted by Crippen LogP contribution is -2.58. The van der Waals surface area contributed by atoms with E-state index in [0.29, 0.717) is 12.0 Å². The molecule has 0 radical (unpaired) electrons. The molecule has 2 atom stereocenters. The van der Waals surface area contributed by atoms with E-state index in [1.54, 1.807) is 0 Å². The van der Waals surface area contributed by atoms with Gasteiger partial charge >= 0.3 is 6.09 Å². The maximum absolute atomic E-state index is 12.6. The number of hydrogen-bond donors (Lipinski definition) is 0. The van der Waals surface area contributed by atoms with E-state index >= 15 is 0 Å². The summed E-state index contributed by atoms with van der Waals surface area (Å²) in [4.78, 5) is 17.3. The fourth-order valence-corrected chi connectivity index (χ4v) is 4.67. The smallest absolute Gasteiger partial charge is 0.410 e. The molecule has 2 saturated heterocycles. The van der Waals surface area contributed by atoms with Gasteiger partial charge < -0.3 is 9.64 Å². The van der Waals surface area contributed by atoms with Crippen molar-refractivity contribution >= 4 is 6.09 Å². The van der Waals surface area contributed by atoms with Crippen LogP contribution in [0.2, 0.25) is 0 Å². The first-order valence-corrected chi connectivity index (χ1v) is 10.5. The average molecular weight is 373 g/mol. The molecule has 0 N–H and O–H groups in total. The Bertz CT molecular complexity index is 636. The topological polar surface area (TPSA) is 32.8 Å². The number of ether oxygens (including phenoxy) is 1. The van der Waals surface area contributed by atoms with Crippen molar-refractivity contribution in [1.29, 1.82) is 0 Å². The van der Waals surface area contributed by atoms with E-state index in [0.717, 1.165) is 25.9 Å². The summed E-state index contributed by atoms with van der Waals surface area (Å²) in [6, 6.07) is 11.5. The van der Waals surface area contributed by atoms with E-state index in [-0.39, 0.29) is 11.6 Å². The largest absolute Gasteiger partial charge is 0.444 e. The third-order valence-electron chi connectivity index (χ3n) is 6.01. The molecule has 2 aliphatic rings. The number of carbonyl (C=O) groups is 1. The Hall–Kier alpha value is -1.55. The van der Waals surface area contributed by atoms with Crippen LogP contribution in [0, 0.1) is 0 Å². The van der Waals surface area contributed by atoms with Crippen LogP contribution >= 0.6 is 0 Å². The highest BCUT2D eigenvalue weighted by Crippen LogP contribution is 2.35. The van der Waals surface area contributed by atoms with Gasteiger partial charge in [0.25, 0.3) is 0 Å². The molecule has 1 aromatic rings. The van der Waals surface area contributed by atoms with Crippen LogP contribution < -0.4 is 0 Å². The van der Waals surface area contributed by atoms with Crippen molar-refractivity contribution in [2.45, 2.75) is 83.4 Å². The normalized spacial score (nSPS) is 26.6. The summed E-state index contributed by atoms with van der Waals surface area (Å²) in [5.41, 5.74) is 0.845. The molecule has 2 aliphatic heterocycles. The van der Waals surface area contributed by atoms with Gasteiger partial charge in [-0.05, 0) is 78.3 Å². The molecule has 2 fully saturated rings. The molecule has 0 aromatic heterocycles. The fourth-order valence-electron chi connectivity index (χ4n) is 4.67. The third-order valence-corrected chi connectivity index (χ3v) is 6.01. The molecule has 27 heavy (non-hydrogen) atoms. The van der Waals surface area contributed by atoms with Crippen molar-refractivity contribution in [3.05, 3.63) is 35.9 Å². The van der Waals surface area contributed by atoms with Crippen LogP contribution in [-0.2, 0) is 4.74 Å². The van der Waals surface area contributed by atoms with Crippen LogP contribution in [0.25, 0.3) is 0 Å². The maximum atomic E-state index is 12.6. The number of likely N-dealkylation sites (tertiary alicyclic amines) is 2. The molecular weight excluding hydrogens is 336 g/mol. The maximum Gasteiger partial charge on any atom is 0.410 e. The summed E-state index contributed by atoms with van der Waals surface area (Å²) in [5.74, 6) is 0.631. The van der Waals surface area contributed by atoms with Crippen molar-refractivity contribution in [2.24, 2.45) is 0 Å². The number of hydrogen-bond acceptors (Lipinski definition) is 3. The second-order valence-electron chi connectivity index (χ2n) is 9.84. The first-order valence-electron chi connectivity index (χ1n) is 10.5. The van der Waals surface area contributed by atoms with Crippen molar-refractivity contribution < 1.29 is 9.53 Å². The van der Waals surface area contributed by atoms with E-state index in [2.05, 4.69) is 49.1 Å². The number of nitrogens with zero attached hydrogens (tertiary/aromatic N) is 2. The van der Waals surface area contributed by atoms with Gasteiger partial charge in [0.15, 0.2) is 0 Å². The van der Waals surface area contributed by atoms with E-state index < -0.39 is 5.60 Å². The molecule has 0 bridgehead atoms. The van der Waals surface area contributed by atoms with Gasteiger partial charge in [0.05, 0.1) is 0 Å². The van der Waals surface area contributed by atoms with Crippen LogP contribution in [0.3, 0.4) is 0 Å². The zero-order valence-corrected chi connectivity index (χ0v) is 17.7. The summed E-state index contributed by atoms with van der Waals surface area (Å²) < 4.78 is 5.64. The van der Waals surface area contributed by atoms with E-state index in [9.17, 15) is 4.79 Å². The molecule has 4 nitrogen and oxygen atoms in total. The Balaban J connectivity index is 1.63. The summed E-state index contributed by atoms with van der Waals surface area (Å²) >= 11 is 0. The molecular formula is C23H36N2O2. The first kappa shape index (κ1) is 20.2. The second kappa shape index (κ2) is 7.83. The summed E-state index contributed by atoms with van der Waals surface area (Å²) in [7, 11) is 0. The monoisotopic (exact) mass is 372 g/mol. The minimum Gasteiger partial charge on any atom is -0.444 e. The molecule has 2 unspecified atom stereocenters. The number of carbonyl (C=O) groups excluding carboxylic acids is 1. The van der Waals surface area contributed by atoms with Gasteiger partial charge in [0.1, 0.15) is 5.60 Å². The van der Waals surface area contributed by atoms with Gasteiger partial charge in [-0.2, -0.15) is 0 Å². The molecule has 4 heteroatoms. The van der Waals surface area contributed by atoms with Crippen molar-refractivity contribution in [2.75, 3.05) is 19.6 Å². The summed E-state index contributed by atoms with van der Waals surface area (Å²) in [5, 5.41) is 0. The van der Waals surface area contributed by atoms with E-state index in [4.69, 9.17) is 4.74 Å². The van der Waals surface area contributed by atoms with Crippen molar-refractivity contribution in [3.8, 4) is 0 Å². The summed E-state index contributed by atoms with van der Waals surface area (Å²) in [6.07, 6.45) is 4.40. The van der Waals surface area contributed by atoms with Crippen LogP contribution in [0.5, 0.6) is 0 Å². The lowest BCUT2D eigenvalue weighted by molar-refractivity contribution is -0.0253. The van der Waals surface area contributed by atoms with Gasteiger partial charge in [-0.3, -0.25) is 4.90 Å². The fraction of sp³-hybridized carbons (Fsp3) is 0.696. The molecule has 1 amide bonds. The molecule has 0 spiro atoms. The number of piperidine rings is 2. The van der Waals surface area contributed by atoms with Gasteiger partial charge in [0, 0.05) is 24.7 Å².